The lowest BCUT2D eigenvalue weighted by molar-refractivity contribution is -0.186. The van der Waals surface area contributed by atoms with E-state index in [1.165, 1.54) is 6.92 Å². The van der Waals surface area contributed by atoms with Crippen LogP contribution in [0.5, 0.6) is 0 Å². The molecule has 9 heteroatoms. The molecule has 1 aliphatic rings. The van der Waals surface area contributed by atoms with E-state index in [1.807, 2.05) is 6.92 Å². The third-order valence-corrected chi connectivity index (χ3v) is 3.51. The highest BCUT2D eigenvalue weighted by molar-refractivity contribution is 5.92. The number of alkyl halides is 3. The fourth-order valence-corrected chi connectivity index (χ4v) is 2.26. The van der Waals surface area contributed by atoms with Crippen molar-refractivity contribution in [1.29, 1.82) is 0 Å². The molecular formula is C14H21F3N2O4. The first-order valence-corrected chi connectivity index (χ1v) is 7.53. The Labute approximate surface area is 132 Å². The molecule has 1 saturated heterocycles. The number of carbonyl (C=O) groups excluding carboxylic acids is 3. The van der Waals surface area contributed by atoms with Crippen molar-refractivity contribution >= 4 is 17.8 Å². The fraction of sp³-hybridized carbons (Fsp3) is 0.786. The van der Waals surface area contributed by atoms with E-state index in [2.05, 4.69) is 5.32 Å². The van der Waals surface area contributed by atoms with E-state index < -0.39 is 36.0 Å². The van der Waals surface area contributed by atoms with Gasteiger partial charge in [0.1, 0.15) is 12.1 Å². The molecule has 0 spiro atoms. The first-order chi connectivity index (χ1) is 10.7. The number of esters is 1. The average Bonchev–Trinajstić information content (AvgIpc) is 2.94. The molecule has 0 aliphatic carbocycles. The maximum Gasteiger partial charge on any atom is 0.471 e. The molecule has 6 nitrogen and oxygen atoms in total. The predicted octanol–water partition coefficient (Wildman–Crippen LogP) is 1.39. The fourth-order valence-electron chi connectivity index (χ4n) is 2.26. The van der Waals surface area contributed by atoms with Crippen LogP contribution in [0.1, 0.15) is 39.5 Å². The Hall–Kier alpha value is -1.80. The molecule has 1 N–H and O–H groups in total. The van der Waals surface area contributed by atoms with Gasteiger partial charge in [0.05, 0.1) is 6.61 Å². The molecule has 132 valence electrons. The number of likely N-dealkylation sites (tertiary alicyclic amines) is 1. The normalized spacial score (nSPS) is 19.3. The Morgan fingerprint density at radius 2 is 2.00 bits per heavy atom. The molecule has 0 aromatic carbocycles. The number of nitrogens with one attached hydrogen (secondary N) is 1. The number of rotatable bonds is 6. The number of hydrogen-bond donors (Lipinski definition) is 1. The van der Waals surface area contributed by atoms with E-state index in [9.17, 15) is 27.6 Å². The lowest BCUT2D eigenvalue weighted by atomic mass is 10.2. The lowest BCUT2D eigenvalue weighted by Crippen LogP contribution is -2.52. The van der Waals surface area contributed by atoms with E-state index in [0.717, 1.165) is 6.42 Å². The molecule has 0 bridgehead atoms. The highest BCUT2D eigenvalue weighted by Gasteiger charge is 2.47. The van der Waals surface area contributed by atoms with Gasteiger partial charge >= 0.3 is 18.1 Å². The Morgan fingerprint density at radius 1 is 1.35 bits per heavy atom. The molecule has 0 aromatic rings. The monoisotopic (exact) mass is 338 g/mol. The molecule has 1 aliphatic heterocycles. The minimum absolute atomic E-state index is 0.130. The zero-order valence-electron chi connectivity index (χ0n) is 13.1. The highest BCUT2D eigenvalue weighted by atomic mass is 19.4. The maximum absolute atomic E-state index is 12.5. The van der Waals surface area contributed by atoms with Crippen LogP contribution in [0.25, 0.3) is 0 Å². The Bertz CT molecular complexity index is 454. The maximum atomic E-state index is 12.5. The van der Waals surface area contributed by atoms with Gasteiger partial charge in [-0.05, 0) is 26.2 Å². The van der Waals surface area contributed by atoms with Gasteiger partial charge in [-0.3, -0.25) is 9.59 Å². The second kappa shape index (κ2) is 8.16. The summed E-state index contributed by atoms with van der Waals surface area (Å²) < 4.78 is 42.4. The number of ether oxygens (including phenoxy) is 1. The first kappa shape index (κ1) is 19.2. The van der Waals surface area contributed by atoms with Gasteiger partial charge in [0, 0.05) is 6.54 Å². The van der Waals surface area contributed by atoms with Crippen LogP contribution in [0.3, 0.4) is 0 Å². The summed E-state index contributed by atoms with van der Waals surface area (Å²) in [6.45, 7) is 3.39. The van der Waals surface area contributed by atoms with Crippen molar-refractivity contribution in [2.75, 3.05) is 13.2 Å². The van der Waals surface area contributed by atoms with Crippen molar-refractivity contribution in [2.45, 2.75) is 57.8 Å². The smallest absolute Gasteiger partial charge is 0.464 e. The number of nitrogens with zero attached hydrogens (tertiary/aromatic N) is 1. The Morgan fingerprint density at radius 3 is 2.57 bits per heavy atom. The van der Waals surface area contributed by atoms with Gasteiger partial charge < -0.3 is 15.0 Å². The molecule has 1 heterocycles. The number of halogens is 3. The molecule has 1 rings (SSSR count). The first-order valence-electron chi connectivity index (χ1n) is 7.53. The molecule has 0 saturated carbocycles. The summed E-state index contributed by atoms with van der Waals surface area (Å²) in [6.07, 6.45) is -3.07. The molecule has 0 unspecified atom stereocenters. The third kappa shape index (κ3) is 5.40. The summed E-state index contributed by atoms with van der Waals surface area (Å²) in [5.74, 6) is -3.47. The van der Waals surface area contributed by atoms with Gasteiger partial charge in [0.2, 0.25) is 5.91 Å². The van der Waals surface area contributed by atoms with Crippen molar-refractivity contribution in [2.24, 2.45) is 0 Å². The topological polar surface area (TPSA) is 75.7 Å². The summed E-state index contributed by atoms with van der Waals surface area (Å²) in [5.41, 5.74) is 0. The largest absolute Gasteiger partial charge is 0.471 e. The molecular weight excluding hydrogens is 317 g/mol. The van der Waals surface area contributed by atoms with Gasteiger partial charge in [-0.2, -0.15) is 13.2 Å². The van der Waals surface area contributed by atoms with Crippen molar-refractivity contribution < 1.29 is 32.3 Å². The standard InChI is InChI=1S/C14H21F3N2O4/c1-3-4-8-23-12(21)9(2)18-11(20)10-6-5-7-19(10)13(22)14(15,16)17/h9-10H,3-8H2,1-2H3,(H,18,20)/t9-,10-/m0/s1. The van der Waals surface area contributed by atoms with Crippen molar-refractivity contribution in [3.8, 4) is 0 Å². The van der Waals surface area contributed by atoms with Gasteiger partial charge in [0.15, 0.2) is 0 Å². The van der Waals surface area contributed by atoms with Crippen LogP contribution < -0.4 is 5.32 Å². The lowest BCUT2D eigenvalue weighted by Gasteiger charge is -2.25. The summed E-state index contributed by atoms with van der Waals surface area (Å²) in [7, 11) is 0. The number of carbonyl (C=O) groups is 3. The molecule has 2 amide bonds. The van der Waals surface area contributed by atoms with E-state index in [4.69, 9.17) is 4.74 Å². The molecule has 23 heavy (non-hydrogen) atoms. The summed E-state index contributed by atoms with van der Waals surface area (Å²) in [6, 6.07) is -2.20. The molecule has 2 atom stereocenters. The van der Waals surface area contributed by atoms with Crippen LogP contribution in [0.2, 0.25) is 0 Å². The van der Waals surface area contributed by atoms with Gasteiger partial charge in [0.25, 0.3) is 0 Å². The summed E-state index contributed by atoms with van der Waals surface area (Å²) in [5, 5.41) is 2.31. The number of unbranched alkanes of at least 4 members (excludes halogenated alkanes) is 1. The van der Waals surface area contributed by atoms with Crippen LogP contribution in [0.4, 0.5) is 13.2 Å². The van der Waals surface area contributed by atoms with Crippen LogP contribution in [0, 0.1) is 0 Å². The van der Waals surface area contributed by atoms with E-state index in [1.54, 1.807) is 0 Å². The van der Waals surface area contributed by atoms with Gasteiger partial charge in [-0.25, -0.2) is 4.79 Å². The zero-order chi connectivity index (χ0) is 17.6. The average molecular weight is 338 g/mol. The molecule has 0 aromatic heterocycles. The van der Waals surface area contributed by atoms with Crippen molar-refractivity contribution in [3.05, 3.63) is 0 Å². The predicted molar refractivity (Wildman–Crippen MR) is 74.3 cm³/mol. The number of hydrogen-bond acceptors (Lipinski definition) is 4. The highest BCUT2D eigenvalue weighted by Crippen LogP contribution is 2.25. The third-order valence-electron chi connectivity index (χ3n) is 3.51. The minimum Gasteiger partial charge on any atom is -0.464 e. The Kier molecular flexibility index (Phi) is 6.83. The second-order valence-corrected chi connectivity index (χ2v) is 5.41. The van der Waals surface area contributed by atoms with Crippen LogP contribution >= 0.6 is 0 Å². The quantitative estimate of drug-likeness (QED) is 0.587. The SMILES string of the molecule is CCCCOC(=O)[C@H](C)NC(=O)[C@@H]1CCCN1C(=O)C(F)(F)F. The van der Waals surface area contributed by atoms with E-state index in [0.29, 0.717) is 17.7 Å². The number of amides is 2. The molecule has 0 radical (unpaired) electrons. The summed E-state index contributed by atoms with van der Waals surface area (Å²) in [4.78, 5) is 35.5. The van der Waals surface area contributed by atoms with Crippen molar-refractivity contribution in [1.82, 2.24) is 10.2 Å². The second-order valence-electron chi connectivity index (χ2n) is 5.41. The minimum atomic E-state index is -5.02. The van der Waals surface area contributed by atoms with E-state index in [-0.39, 0.29) is 19.6 Å². The van der Waals surface area contributed by atoms with E-state index >= 15 is 0 Å². The van der Waals surface area contributed by atoms with Crippen LogP contribution in [-0.4, -0.2) is 54.1 Å². The van der Waals surface area contributed by atoms with Gasteiger partial charge in [-0.15, -0.1) is 0 Å². The van der Waals surface area contributed by atoms with Gasteiger partial charge in [-0.1, -0.05) is 13.3 Å². The van der Waals surface area contributed by atoms with Crippen LogP contribution in [0.15, 0.2) is 0 Å². The molecule has 1 fully saturated rings. The van der Waals surface area contributed by atoms with Crippen molar-refractivity contribution in [3.63, 3.8) is 0 Å². The Balaban J connectivity index is 2.59. The van der Waals surface area contributed by atoms with Crippen LogP contribution in [-0.2, 0) is 19.1 Å². The summed E-state index contributed by atoms with van der Waals surface area (Å²) >= 11 is 0. The zero-order valence-corrected chi connectivity index (χ0v) is 13.1.